The van der Waals surface area contributed by atoms with E-state index in [9.17, 15) is 9.59 Å². The second-order valence-corrected chi connectivity index (χ2v) is 6.05. The van der Waals surface area contributed by atoms with Gasteiger partial charge in [-0.2, -0.15) is 0 Å². The Morgan fingerprint density at radius 2 is 2.04 bits per heavy atom. The molecule has 1 aromatic rings. The zero-order chi connectivity index (χ0) is 16.2. The second kappa shape index (κ2) is 4.83. The smallest absolute Gasteiger partial charge is 0.312 e. The Kier molecular flexibility index (Phi) is 2.99. The van der Waals surface area contributed by atoms with Gasteiger partial charge in [-0.25, -0.2) is 0 Å². The van der Waals surface area contributed by atoms with Crippen LogP contribution in [0.2, 0.25) is 0 Å². The summed E-state index contributed by atoms with van der Waals surface area (Å²) in [6, 6.07) is 7.27. The Morgan fingerprint density at radius 3 is 2.70 bits per heavy atom. The third kappa shape index (κ3) is 1.84. The number of ether oxygens (including phenoxy) is 3. The van der Waals surface area contributed by atoms with Crippen LogP contribution in [0.1, 0.15) is 0 Å². The van der Waals surface area contributed by atoms with Crippen LogP contribution in [0.5, 0.6) is 5.75 Å². The lowest BCUT2D eigenvalue weighted by molar-refractivity contribution is -0.149. The van der Waals surface area contributed by atoms with E-state index in [0.29, 0.717) is 6.54 Å². The zero-order valence-electron chi connectivity index (χ0n) is 12.9. The van der Waals surface area contributed by atoms with E-state index in [4.69, 9.17) is 14.2 Å². The molecule has 2 fully saturated rings. The van der Waals surface area contributed by atoms with Crippen LogP contribution < -0.4 is 9.64 Å². The van der Waals surface area contributed by atoms with Gasteiger partial charge in [-0.3, -0.25) is 9.59 Å². The van der Waals surface area contributed by atoms with Gasteiger partial charge in [-0.15, -0.1) is 0 Å². The van der Waals surface area contributed by atoms with Gasteiger partial charge in [0.1, 0.15) is 17.3 Å². The number of amides is 1. The van der Waals surface area contributed by atoms with Crippen LogP contribution in [-0.2, 0) is 19.1 Å². The highest BCUT2D eigenvalue weighted by molar-refractivity contribution is 6.02. The van der Waals surface area contributed by atoms with Gasteiger partial charge in [-0.05, 0) is 24.3 Å². The van der Waals surface area contributed by atoms with Gasteiger partial charge < -0.3 is 19.1 Å². The molecule has 120 valence electrons. The van der Waals surface area contributed by atoms with Crippen LogP contribution in [0.25, 0.3) is 0 Å². The average Bonchev–Trinajstić information content (AvgIpc) is 3.22. The van der Waals surface area contributed by atoms with Gasteiger partial charge in [0.25, 0.3) is 0 Å². The van der Waals surface area contributed by atoms with Crippen molar-refractivity contribution in [2.45, 2.75) is 11.7 Å². The van der Waals surface area contributed by atoms with E-state index in [2.05, 4.69) is 0 Å². The minimum absolute atomic E-state index is 0.0996. The van der Waals surface area contributed by atoms with E-state index < -0.39 is 23.4 Å². The van der Waals surface area contributed by atoms with Gasteiger partial charge in [0, 0.05) is 5.69 Å². The van der Waals surface area contributed by atoms with Gasteiger partial charge in [0.2, 0.25) is 5.91 Å². The number of benzene rings is 1. The Labute approximate surface area is 133 Å². The van der Waals surface area contributed by atoms with Crippen LogP contribution in [0.15, 0.2) is 36.4 Å². The van der Waals surface area contributed by atoms with Gasteiger partial charge in [0.05, 0.1) is 32.8 Å². The summed E-state index contributed by atoms with van der Waals surface area (Å²) in [6.07, 6.45) is 3.42. The van der Waals surface area contributed by atoms with Crippen molar-refractivity contribution < 1.29 is 23.8 Å². The van der Waals surface area contributed by atoms with Crippen molar-refractivity contribution in [3.05, 3.63) is 36.4 Å². The van der Waals surface area contributed by atoms with E-state index >= 15 is 0 Å². The van der Waals surface area contributed by atoms with Crippen molar-refractivity contribution in [1.29, 1.82) is 0 Å². The van der Waals surface area contributed by atoms with Crippen molar-refractivity contribution in [1.82, 2.24) is 0 Å². The molecule has 23 heavy (non-hydrogen) atoms. The summed E-state index contributed by atoms with van der Waals surface area (Å²) in [5.74, 6) is -0.857. The molecule has 1 aromatic carbocycles. The van der Waals surface area contributed by atoms with Crippen LogP contribution >= 0.6 is 0 Å². The SMILES string of the molecule is COC(=O)[C@H]1[C@@H]2C=C[C@]3(CN(c4ccc(OC)cc4)C(=O)[C@@H]13)O2. The standard InChI is InChI=1S/C17H17NO5/c1-21-11-5-3-10(4-6-11)18-9-17-8-7-12(23-17)13(16(20)22-2)14(17)15(18)19/h3-8,12-14H,9H2,1-2H3/t12-,13-,14+,17+/m0/s1. The molecule has 6 nitrogen and oxygen atoms in total. The third-order valence-electron chi connectivity index (χ3n) is 4.96. The highest BCUT2D eigenvalue weighted by Gasteiger charge is 2.67. The van der Waals surface area contributed by atoms with Crippen LogP contribution in [0.4, 0.5) is 5.69 Å². The Morgan fingerprint density at radius 1 is 1.30 bits per heavy atom. The summed E-state index contributed by atoms with van der Waals surface area (Å²) < 4.78 is 16.0. The normalized spacial score (nSPS) is 33.9. The fraction of sp³-hybridized carbons (Fsp3) is 0.412. The molecule has 0 unspecified atom stereocenters. The summed E-state index contributed by atoms with van der Waals surface area (Å²) in [4.78, 5) is 26.7. The zero-order valence-corrected chi connectivity index (χ0v) is 12.9. The first kappa shape index (κ1) is 14.3. The largest absolute Gasteiger partial charge is 0.497 e. The number of hydrogen-bond donors (Lipinski definition) is 0. The lowest BCUT2D eigenvalue weighted by Crippen LogP contribution is -2.39. The van der Waals surface area contributed by atoms with Gasteiger partial charge >= 0.3 is 5.97 Å². The van der Waals surface area contributed by atoms with Crippen molar-refractivity contribution in [2.24, 2.45) is 11.8 Å². The Hall–Kier alpha value is -2.34. The van der Waals surface area contributed by atoms with Crippen LogP contribution in [0, 0.1) is 11.8 Å². The molecule has 4 atom stereocenters. The average molecular weight is 315 g/mol. The molecule has 0 saturated carbocycles. The van der Waals surface area contributed by atoms with Gasteiger partial charge in [0.15, 0.2) is 0 Å². The van der Waals surface area contributed by atoms with E-state index in [1.807, 2.05) is 24.3 Å². The minimum Gasteiger partial charge on any atom is -0.497 e. The fourth-order valence-corrected chi connectivity index (χ4v) is 3.88. The number of nitrogens with zero attached hydrogens (tertiary/aromatic N) is 1. The van der Waals surface area contributed by atoms with Crippen LogP contribution in [0.3, 0.4) is 0 Å². The lowest BCUT2D eigenvalue weighted by Gasteiger charge is -2.22. The topological polar surface area (TPSA) is 65.1 Å². The monoisotopic (exact) mass is 315 g/mol. The summed E-state index contributed by atoms with van der Waals surface area (Å²) in [6.45, 7) is 0.406. The predicted molar refractivity (Wildman–Crippen MR) is 81.1 cm³/mol. The summed E-state index contributed by atoms with van der Waals surface area (Å²) >= 11 is 0. The maximum Gasteiger partial charge on any atom is 0.312 e. The number of rotatable bonds is 3. The van der Waals surface area contributed by atoms with E-state index in [1.165, 1.54) is 7.11 Å². The molecule has 1 spiro atoms. The molecule has 2 bridgehead atoms. The molecule has 1 amide bonds. The maximum atomic E-state index is 12.9. The first-order valence-electron chi connectivity index (χ1n) is 7.50. The van der Waals surface area contributed by atoms with Crippen LogP contribution in [-0.4, -0.2) is 44.3 Å². The highest BCUT2D eigenvalue weighted by atomic mass is 16.5. The summed E-state index contributed by atoms with van der Waals surface area (Å²) in [7, 11) is 2.93. The lowest BCUT2D eigenvalue weighted by atomic mass is 9.77. The predicted octanol–water partition coefficient (Wildman–Crippen LogP) is 1.15. The molecular weight excluding hydrogens is 298 g/mol. The van der Waals surface area contributed by atoms with Gasteiger partial charge in [-0.1, -0.05) is 12.2 Å². The molecule has 0 radical (unpaired) electrons. The molecule has 0 aliphatic carbocycles. The number of methoxy groups -OCH3 is 2. The van der Waals surface area contributed by atoms with Crippen molar-refractivity contribution in [3.8, 4) is 5.75 Å². The number of fused-ring (bicyclic) bond motifs is 1. The number of hydrogen-bond acceptors (Lipinski definition) is 5. The number of carbonyl (C=O) groups excluding carboxylic acids is 2. The summed E-state index contributed by atoms with van der Waals surface area (Å²) in [5.41, 5.74) is 0.0456. The molecule has 3 heterocycles. The highest BCUT2D eigenvalue weighted by Crippen LogP contribution is 2.52. The molecule has 3 aliphatic rings. The quantitative estimate of drug-likeness (QED) is 0.618. The molecule has 3 aliphatic heterocycles. The van der Waals surface area contributed by atoms with E-state index in [1.54, 1.807) is 24.1 Å². The summed E-state index contributed by atoms with van der Waals surface area (Å²) in [5, 5.41) is 0. The van der Waals surface area contributed by atoms with E-state index in [-0.39, 0.29) is 12.0 Å². The molecule has 0 aromatic heterocycles. The minimum atomic E-state index is -0.722. The number of carbonyl (C=O) groups is 2. The fourth-order valence-electron chi connectivity index (χ4n) is 3.88. The molecule has 6 heteroatoms. The van der Waals surface area contributed by atoms with Crippen molar-refractivity contribution in [2.75, 3.05) is 25.7 Å². The Bertz CT molecular complexity index is 697. The van der Waals surface area contributed by atoms with Crippen molar-refractivity contribution >= 4 is 17.6 Å². The van der Waals surface area contributed by atoms with Crippen molar-refractivity contribution in [3.63, 3.8) is 0 Å². The molecule has 0 N–H and O–H groups in total. The number of anilines is 1. The molecule has 2 saturated heterocycles. The number of esters is 1. The Balaban J connectivity index is 1.68. The molecular formula is C17H17NO5. The van der Waals surface area contributed by atoms with E-state index in [0.717, 1.165) is 11.4 Å². The maximum absolute atomic E-state index is 12.9. The first-order valence-corrected chi connectivity index (χ1v) is 7.50. The third-order valence-corrected chi connectivity index (χ3v) is 4.96. The second-order valence-electron chi connectivity index (χ2n) is 6.05. The molecule has 4 rings (SSSR count). The first-order chi connectivity index (χ1) is 11.1.